The molecule has 0 N–H and O–H groups in total. The van der Waals surface area contributed by atoms with Gasteiger partial charge in [-0.05, 0) is 39.8 Å². The van der Waals surface area contributed by atoms with Crippen LogP contribution < -0.4 is 0 Å². The van der Waals surface area contributed by atoms with Crippen LogP contribution in [0.5, 0.6) is 0 Å². The first kappa shape index (κ1) is 17.1. The lowest BCUT2D eigenvalue weighted by molar-refractivity contribution is 0.541. The molecule has 0 bridgehead atoms. The van der Waals surface area contributed by atoms with Crippen LogP contribution in [0.15, 0.2) is 40.6 Å². The maximum atomic E-state index is 8.58. The maximum Gasteiger partial charge on any atom is 0.162 e. The SMILES string of the molecule is CC(C)(C#N)N=NC(C)(C)C#N.Clc1ccccc1. The minimum absolute atomic E-state index is 0.794. The van der Waals surface area contributed by atoms with Gasteiger partial charge in [-0.2, -0.15) is 20.8 Å². The van der Waals surface area contributed by atoms with Gasteiger partial charge in [-0.3, -0.25) is 0 Å². The normalized spacial score (nSPS) is 11.1. The van der Waals surface area contributed by atoms with Crippen molar-refractivity contribution >= 4 is 11.6 Å². The molecule has 0 radical (unpaired) electrons. The zero-order chi connectivity index (χ0) is 14.9. The molecule has 0 unspecified atom stereocenters. The number of azo groups is 1. The zero-order valence-corrected chi connectivity index (χ0v) is 12.3. The van der Waals surface area contributed by atoms with Crippen LogP contribution in [0, 0.1) is 22.7 Å². The van der Waals surface area contributed by atoms with E-state index in [9.17, 15) is 0 Å². The predicted octanol–water partition coefficient (Wildman–Crippen LogP) is 4.38. The van der Waals surface area contributed by atoms with E-state index in [2.05, 4.69) is 10.2 Å². The molecule has 0 heterocycles. The molecule has 0 spiro atoms. The summed E-state index contributed by atoms with van der Waals surface area (Å²) in [4.78, 5) is 0. The molecule has 100 valence electrons. The molecule has 5 heteroatoms. The van der Waals surface area contributed by atoms with Gasteiger partial charge in [0.25, 0.3) is 0 Å². The van der Waals surface area contributed by atoms with E-state index in [0.717, 1.165) is 5.02 Å². The van der Waals surface area contributed by atoms with Crippen molar-refractivity contribution < 1.29 is 0 Å². The lowest BCUT2D eigenvalue weighted by Gasteiger charge is -2.11. The average Bonchev–Trinajstić information content (AvgIpc) is 2.39. The molecular formula is C14H17ClN4. The second-order valence-electron chi connectivity index (χ2n) is 4.84. The molecule has 0 aliphatic heterocycles. The van der Waals surface area contributed by atoms with Crippen LogP contribution in [0.25, 0.3) is 0 Å². The van der Waals surface area contributed by atoms with E-state index in [0.29, 0.717) is 0 Å². The summed E-state index contributed by atoms with van der Waals surface area (Å²) in [6.45, 7) is 6.57. The van der Waals surface area contributed by atoms with Crippen LogP contribution in [0.3, 0.4) is 0 Å². The fourth-order valence-corrected chi connectivity index (χ4v) is 0.855. The van der Waals surface area contributed by atoms with Crippen LogP contribution in [0.4, 0.5) is 0 Å². The quantitative estimate of drug-likeness (QED) is 0.752. The Morgan fingerprint density at radius 2 is 1.26 bits per heavy atom. The molecule has 0 fully saturated rings. The smallest absolute Gasteiger partial charge is 0.162 e. The van der Waals surface area contributed by atoms with Crippen LogP contribution in [0.1, 0.15) is 27.7 Å². The molecule has 19 heavy (non-hydrogen) atoms. The number of halogens is 1. The Morgan fingerprint density at radius 3 is 1.47 bits per heavy atom. The number of hydrogen-bond acceptors (Lipinski definition) is 4. The van der Waals surface area contributed by atoms with Crippen molar-refractivity contribution in [3.63, 3.8) is 0 Å². The summed E-state index contributed by atoms with van der Waals surface area (Å²) < 4.78 is 0. The number of hydrogen-bond donors (Lipinski definition) is 0. The van der Waals surface area contributed by atoms with Gasteiger partial charge in [-0.25, -0.2) is 0 Å². The van der Waals surface area contributed by atoms with Gasteiger partial charge >= 0.3 is 0 Å². The van der Waals surface area contributed by atoms with E-state index < -0.39 is 11.1 Å². The van der Waals surface area contributed by atoms with Crippen LogP contribution in [-0.4, -0.2) is 11.1 Å². The van der Waals surface area contributed by atoms with Gasteiger partial charge in [0.1, 0.15) is 0 Å². The molecule has 0 saturated carbocycles. The van der Waals surface area contributed by atoms with Gasteiger partial charge in [0.15, 0.2) is 11.1 Å². The highest BCUT2D eigenvalue weighted by molar-refractivity contribution is 6.30. The highest BCUT2D eigenvalue weighted by atomic mass is 35.5. The van der Waals surface area contributed by atoms with E-state index in [1.165, 1.54) is 0 Å². The molecule has 0 amide bonds. The van der Waals surface area contributed by atoms with Gasteiger partial charge in [-0.15, -0.1) is 0 Å². The fraction of sp³-hybridized carbons (Fsp3) is 0.429. The van der Waals surface area contributed by atoms with Crippen molar-refractivity contribution in [3.05, 3.63) is 35.4 Å². The first-order valence-corrected chi connectivity index (χ1v) is 6.07. The summed E-state index contributed by atoms with van der Waals surface area (Å²) in [6, 6.07) is 13.4. The van der Waals surface area contributed by atoms with Gasteiger partial charge in [0.05, 0.1) is 12.1 Å². The van der Waals surface area contributed by atoms with Crippen molar-refractivity contribution in [3.8, 4) is 12.1 Å². The molecule has 0 aliphatic rings. The highest BCUT2D eigenvalue weighted by Gasteiger charge is 2.19. The largest absolute Gasteiger partial charge is 0.196 e. The van der Waals surface area contributed by atoms with Crippen molar-refractivity contribution in [1.82, 2.24) is 0 Å². The van der Waals surface area contributed by atoms with Crippen molar-refractivity contribution in [2.24, 2.45) is 10.2 Å². The molecule has 4 nitrogen and oxygen atoms in total. The minimum Gasteiger partial charge on any atom is -0.196 e. The van der Waals surface area contributed by atoms with Crippen LogP contribution >= 0.6 is 11.6 Å². The summed E-state index contributed by atoms with van der Waals surface area (Å²) in [5.41, 5.74) is -1.68. The van der Waals surface area contributed by atoms with Gasteiger partial charge in [0.2, 0.25) is 0 Å². The number of benzene rings is 1. The standard InChI is InChI=1S/C8H12N4.C6H5Cl/c1-7(2,5-9)11-12-8(3,4)6-10;7-6-4-2-1-3-5-6/h1-4H3;1-5H. The Bertz CT molecular complexity index is 464. The van der Waals surface area contributed by atoms with Crippen molar-refractivity contribution in [2.45, 2.75) is 38.8 Å². The lowest BCUT2D eigenvalue weighted by atomic mass is 10.1. The third kappa shape index (κ3) is 8.77. The summed E-state index contributed by atoms with van der Waals surface area (Å²) in [7, 11) is 0. The predicted molar refractivity (Wildman–Crippen MR) is 75.7 cm³/mol. The maximum absolute atomic E-state index is 8.58. The van der Waals surface area contributed by atoms with Crippen molar-refractivity contribution in [1.29, 1.82) is 10.5 Å². The molecule has 0 aromatic heterocycles. The zero-order valence-electron chi connectivity index (χ0n) is 11.6. The van der Waals surface area contributed by atoms with Crippen molar-refractivity contribution in [2.75, 3.05) is 0 Å². The second-order valence-corrected chi connectivity index (χ2v) is 5.27. The highest BCUT2D eigenvalue weighted by Crippen LogP contribution is 2.13. The summed E-state index contributed by atoms with van der Waals surface area (Å²) >= 11 is 5.54. The fourth-order valence-electron chi connectivity index (χ4n) is 0.709. The Morgan fingerprint density at radius 1 is 0.895 bits per heavy atom. The average molecular weight is 277 g/mol. The minimum atomic E-state index is -0.839. The van der Waals surface area contributed by atoms with E-state index in [1.54, 1.807) is 27.7 Å². The van der Waals surface area contributed by atoms with E-state index in [-0.39, 0.29) is 0 Å². The Labute approximate surface area is 119 Å². The lowest BCUT2D eigenvalue weighted by Crippen LogP contribution is -2.17. The Balaban J connectivity index is 0.000000388. The first-order valence-electron chi connectivity index (χ1n) is 5.69. The van der Waals surface area contributed by atoms with Gasteiger partial charge in [-0.1, -0.05) is 29.8 Å². The third-order valence-electron chi connectivity index (χ3n) is 1.83. The van der Waals surface area contributed by atoms with E-state index >= 15 is 0 Å². The Kier molecular flexibility index (Phi) is 6.75. The number of nitrogens with zero attached hydrogens (tertiary/aromatic N) is 4. The monoisotopic (exact) mass is 276 g/mol. The van der Waals surface area contributed by atoms with Gasteiger partial charge in [0, 0.05) is 5.02 Å². The molecule has 1 aromatic carbocycles. The summed E-state index contributed by atoms with van der Waals surface area (Å²) in [5, 5.41) is 25.5. The summed E-state index contributed by atoms with van der Waals surface area (Å²) in [6.07, 6.45) is 0. The molecular weight excluding hydrogens is 260 g/mol. The molecule has 0 atom stereocenters. The molecule has 1 aromatic rings. The number of nitriles is 2. The first-order chi connectivity index (χ1) is 8.72. The Hall–Kier alpha value is -1.91. The second kappa shape index (κ2) is 7.51. The summed E-state index contributed by atoms with van der Waals surface area (Å²) in [5.74, 6) is 0. The van der Waals surface area contributed by atoms with E-state index in [4.69, 9.17) is 22.1 Å². The topological polar surface area (TPSA) is 72.3 Å². The third-order valence-corrected chi connectivity index (χ3v) is 2.08. The van der Waals surface area contributed by atoms with Crippen LogP contribution in [0.2, 0.25) is 5.02 Å². The van der Waals surface area contributed by atoms with E-state index in [1.807, 2.05) is 42.5 Å². The molecule has 0 aliphatic carbocycles. The molecule has 0 saturated heterocycles. The van der Waals surface area contributed by atoms with Gasteiger partial charge < -0.3 is 0 Å². The number of rotatable bonds is 2. The molecule has 1 rings (SSSR count). The van der Waals surface area contributed by atoms with Crippen LogP contribution in [-0.2, 0) is 0 Å².